The molecular formula is C12H12N4O. The van der Waals surface area contributed by atoms with E-state index in [1.165, 1.54) is 6.20 Å². The maximum Gasteiger partial charge on any atom is 0.180 e. The van der Waals surface area contributed by atoms with Crippen LogP contribution >= 0.6 is 0 Å². The fraction of sp³-hybridized carbons (Fsp3) is 0.333. The van der Waals surface area contributed by atoms with E-state index >= 15 is 0 Å². The number of aromatic nitrogens is 1. The highest BCUT2D eigenvalue weighted by Gasteiger charge is 2.08. The summed E-state index contributed by atoms with van der Waals surface area (Å²) in [6, 6.07) is 7.27. The van der Waals surface area contributed by atoms with E-state index in [1.54, 1.807) is 24.0 Å². The molecule has 1 aromatic heterocycles. The minimum atomic E-state index is -0.0244. The van der Waals surface area contributed by atoms with Crippen LogP contribution < -0.4 is 4.90 Å². The summed E-state index contributed by atoms with van der Waals surface area (Å²) >= 11 is 0. The van der Waals surface area contributed by atoms with Crippen LogP contribution in [0.4, 0.5) is 5.69 Å². The third kappa shape index (κ3) is 3.29. The van der Waals surface area contributed by atoms with E-state index in [2.05, 4.69) is 4.98 Å². The third-order valence-electron chi connectivity index (χ3n) is 2.24. The summed E-state index contributed by atoms with van der Waals surface area (Å²) in [7, 11) is 0. The lowest BCUT2D eigenvalue weighted by atomic mass is 10.2. The van der Waals surface area contributed by atoms with E-state index in [-0.39, 0.29) is 18.9 Å². The van der Waals surface area contributed by atoms with Crippen LogP contribution in [0, 0.1) is 22.7 Å². The molecule has 0 bridgehead atoms. The first-order chi connectivity index (χ1) is 8.22. The van der Waals surface area contributed by atoms with E-state index in [0.717, 1.165) is 0 Å². The Kier molecular flexibility index (Phi) is 4.65. The van der Waals surface area contributed by atoms with Crippen molar-refractivity contribution in [1.82, 2.24) is 4.98 Å². The molecule has 0 amide bonds. The first-order valence-corrected chi connectivity index (χ1v) is 5.21. The smallest absolute Gasteiger partial charge is 0.180 e. The van der Waals surface area contributed by atoms with Gasteiger partial charge < -0.3 is 4.90 Å². The van der Waals surface area contributed by atoms with Crippen LogP contribution in [0.5, 0.6) is 0 Å². The van der Waals surface area contributed by atoms with Gasteiger partial charge in [0.2, 0.25) is 0 Å². The van der Waals surface area contributed by atoms with Gasteiger partial charge in [-0.25, -0.2) is 0 Å². The number of ketones is 1. The van der Waals surface area contributed by atoms with E-state index in [4.69, 9.17) is 10.5 Å². The molecule has 0 radical (unpaired) electrons. The summed E-state index contributed by atoms with van der Waals surface area (Å²) in [6.07, 6.45) is 1.92. The topological polar surface area (TPSA) is 80.8 Å². The van der Waals surface area contributed by atoms with Crippen LogP contribution in [0.25, 0.3) is 0 Å². The van der Waals surface area contributed by atoms with Crippen molar-refractivity contribution in [3.05, 3.63) is 24.0 Å². The highest BCUT2D eigenvalue weighted by Crippen LogP contribution is 2.13. The minimum Gasteiger partial charge on any atom is -0.344 e. The van der Waals surface area contributed by atoms with Crippen molar-refractivity contribution in [3.63, 3.8) is 0 Å². The first kappa shape index (κ1) is 12.7. The van der Waals surface area contributed by atoms with E-state index in [0.29, 0.717) is 17.8 Å². The van der Waals surface area contributed by atoms with Gasteiger partial charge in [0, 0.05) is 6.42 Å². The van der Waals surface area contributed by atoms with Crippen LogP contribution in [0.2, 0.25) is 0 Å². The second kappa shape index (κ2) is 6.24. The molecule has 17 heavy (non-hydrogen) atoms. The van der Waals surface area contributed by atoms with Crippen LogP contribution in [-0.2, 0) is 0 Å². The van der Waals surface area contributed by atoms with Crippen LogP contribution in [0.15, 0.2) is 18.3 Å². The van der Waals surface area contributed by atoms with Gasteiger partial charge in [-0.2, -0.15) is 10.5 Å². The monoisotopic (exact) mass is 228 g/mol. The molecular weight excluding hydrogens is 216 g/mol. The molecule has 5 nitrogen and oxygen atoms in total. The van der Waals surface area contributed by atoms with Crippen molar-refractivity contribution in [2.24, 2.45) is 0 Å². The number of Topliss-reactive ketones (excluding diaryl/α,β-unsaturated/α-hetero) is 1. The van der Waals surface area contributed by atoms with E-state index in [1.807, 2.05) is 12.1 Å². The Hall–Kier alpha value is -2.40. The summed E-state index contributed by atoms with van der Waals surface area (Å²) in [5.41, 5.74) is 1.07. The molecule has 1 rings (SSSR count). The summed E-state index contributed by atoms with van der Waals surface area (Å²) in [4.78, 5) is 17.0. The number of nitriles is 2. The fourth-order valence-corrected chi connectivity index (χ4v) is 1.33. The van der Waals surface area contributed by atoms with E-state index < -0.39 is 0 Å². The average Bonchev–Trinajstić information content (AvgIpc) is 2.38. The van der Waals surface area contributed by atoms with Crippen LogP contribution in [0.3, 0.4) is 0 Å². The van der Waals surface area contributed by atoms with Gasteiger partial charge in [-0.15, -0.1) is 0 Å². The Morgan fingerprint density at radius 1 is 1.35 bits per heavy atom. The lowest BCUT2D eigenvalue weighted by molar-refractivity contribution is 0.0983. The van der Waals surface area contributed by atoms with Gasteiger partial charge in [0.1, 0.15) is 18.8 Å². The maximum atomic E-state index is 11.4. The highest BCUT2D eigenvalue weighted by molar-refractivity contribution is 5.94. The largest absolute Gasteiger partial charge is 0.344 e. The molecule has 1 heterocycles. The molecule has 5 heteroatoms. The molecule has 0 unspecified atom stereocenters. The molecule has 0 atom stereocenters. The van der Waals surface area contributed by atoms with Gasteiger partial charge in [0.25, 0.3) is 0 Å². The number of nitrogens with zero attached hydrogens (tertiary/aromatic N) is 4. The molecule has 0 saturated heterocycles. The zero-order valence-electron chi connectivity index (χ0n) is 9.55. The summed E-state index contributed by atoms with van der Waals surface area (Å²) in [5, 5.41) is 17.3. The fourth-order valence-electron chi connectivity index (χ4n) is 1.33. The predicted octanol–water partition coefficient (Wildman–Crippen LogP) is 1.53. The molecule has 0 aliphatic rings. The number of carbonyl (C=O) groups is 1. The second-order valence-corrected chi connectivity index (χ2v) is 3.35. The predicted molar refractivity (Wildman–Crippen MR) is 62.3 cm³/mol. The number of pyridine rings is 1. The second-order valence-electron chi connectivity index (χ2n) is 3.35. The molecule has 0 N–H and O–H groups in total. The summed E-state index contributed by atoms with van der Waals surface area (Å²) in [6.45, 7) is 2.02. The number of carbonyl (C=O) groups excluding carboxylic acids is 1. The van der Waals surface area contributed by atoms with Crippen molar-refractivity contribution < 1.29 is 4.79 Å². The number of rotatable bonds is 5. The number of anilines is 1. The van der Waals surface area contributed by atoms with Crippen LogP contribution in [0.1, 0.15) is 23.8 Å². The van der Waals surface area contributed by atoms with Crippen LogP contribution in [-0.4, -0.2) is 23.9 Å². The third-order valence-corrected chi connectivity index (χ3v) is 2.24. The SMILES string of the molecule is CCC(=O)c1ccc(N(CC#N)CC#N)cn1. The van der Waals surface area contributed by atoms with Gasteiger partial charge in [-0.1, -0.05) is 6.92 Å². The average molecular weight is 228 g/mol. The quantitative estimate of drug-likeness (QED) is 0.564. The molecule has 0 saturated carbocycles. The molecule has 0 spiro atoms. The van der Waals surface area contributed by atoms with Crippen molar-refractivity contribution in [1.29, 1.82) is 10.5 Å². The lowest BCUT2D eigenvalue weighted by Gasteiger charge is -2.17. The Morgan fingerprint density at radius 3 is 2.41 bits per heavy atom. The summed E-state index contributed by atoms with van der Waals surface area (Å²) < 4.78 is 0. The number of hydrogen-bond acceptors (Lipinski definition) is 5. The van der Waals surface area contributed by atoms with Gasteiger partial charge >= 0.3 is 0 Å². The van der Waals surface area contributed by atoms with Gasteiger partial charge in [0.15, 0.2) is 5.78 Å². The van der Waals surface area contributed by atoms with Gasteiger partial charge in [-0.3, -0.25) is 9.78 Å². The Morgan fingerprint density at radius 2 is 2.00 bits per heavy atom. The Bertz CT molecular complexity index is 451. The zero-order valence-corrected chi connectivity index (χ0v) is 9.55. The van der Waals surface area contributed by atoms with Crippen molar-refractivity contribution in [3.8, 4) is 12.1 Å². The molecule has 0 aliphatic carbocycles. The molecule has 86 valence electrons. The molecule has 0 fully saturated rings. The van der Waals surface area contributed by atoms with Gasteiger partial charge in [-0.05, 0) is 12.1 Å². The minimum absolute atomic E-state index is 0.0244. The zero-order chi connectivity index (χ0) is 12.7. The lowest BCUT2D eigenvalue weighted by Crippen LogP contribution is -2.24. The van der Waals surface area contributed by atoms with Gasteiger partial charge in [0.05, 0.1) is 24.0 Å². The molecule has 0 aliphatic heterocycles. The summed E-state index contributed by atoms with van der Waals surface area (Å²) in [5.74, 6) is -0.0244. The number of hydrogen-bond donors (Lipinski definition) is 0. The normalized spacial score (nSPS) is 9.12. The van der Waals surface area contributed by atoms with Crippen molar-refractivity contribution in [2.75, 3.05) is 18.0 Å². The Balaban J connectivity index is 2.89. The van der Waals surface area contributed by atoms with Crippen molar-refractivity contribution >= 4 is 11.5 Å². The molecule has 1 aromatic rings. The standard InChI is InChI=1S/C12H12N4O/c1-2-12(17)11-4-3-10(9-15-11)16(7-5-13)8-6-14/h3-4,9H,2,7-8H2,1H3. The molecule has 0 aromatic carbocycles. The first-order valence-electron chi connectivity index (χ1n) is 5.21. The maximum absolute atomic E-state index is 11.4. The van der Waals surface area contributed by atoms with Crippen molar-refractivity contribution in [2.45, 2.75) is 13.3 Å². The van der Waals surface area contributed by atoms with E-state index in [9.17, 15) is 4.79 Å². The highest BCUT2D eigenvalue weighted by atomic mass is 16.1. The Labute approximate surface area is 99.9 Å².